The summed E-state index contributed by atoms with van der Waals surface area (Å²) in [6.07, 6.45) is 2.01. The molecule has 0 aliphatic carbocycles. The highest BCUT2D eigenvalue weighted by Crippen LogP contribution is 2.23. The van der Waals surface area contributed by atoms with E-state index in [2.05, 4.69) is 17.4 Å². The normalized spacial score (nSPS) is 20.1. The van der Waals surface area contributed by atoms with E-state index in [4.69, 9.17) is 0 Å². The SMILES string of the molecule is O=C1CCC(CCSc2ccccc2)C(=O)N1. The molecule has 1 fully saturated rings. The first kappa shape index (κ1) is 12.2. The number of amides is 2. The highest BCUT2D eigenvalue weighted by atomic mass is 32.2. The molecule has 4 heteroatoms. The Morgan fingerprint density at radius 1 is 1.24 bits per heavy atom. The smallest absolute Gasteiger partial charge is 0.229 e. The van der Waals surface area contributed by atoms with Gasteiger partial charge in [0.15, 0.2) is 0 Å². The van der Waals surface area contributed by atoms with Crippen molar-refractivity contribution in [1.82, 2.24) is 5.32 Å². The standard InChI is InChI=1S/C13H15NO2S/c15-12-7-6-10(13(16)14-12)8-9-17-11-4-2-1-3-5-11/h1-5,10H,6-9H2,(H,14,15,16). The molecule has 3 nitrogen and oxygen atoms in total. The van der Waals surface area contributed by atoms with Crippen molar-refractivity contribution in [3.63, 3.8) is 0 Å². The van der Waals surface area contributed by atoms with Gasteiger partial charge >= 0.3 is 0 Å². The molecule has 2 amide bonds. The Kier molecular flexibility index (Phi) is 4.20. The number of piperidine rings is 1. The van der Waals surface area contributed by atoms with E-state index >= 15 is 0 Å². The van der Waals surface area contributed by atoms with Crippen molar-refractivity contribution in [3.05, 3.63) is 30.3 Å². The molecule has 1 atom stereocenters. The van der Waals surface area contributed by atoms with Gasteiger partial charge in [0, 0.05) is 17.2 Å². The molecule has 0 spiro atoms. The number of carbonyl (C=O) groups excluding carboxylic acids is 2. The predicted octanol–water partition coefficient (Wildman–Crippen LogP) is 2.22. The Balaban J connectivity index is 1.75. The first-order chi connectivity index (χ1) is 8.25. The van der Waals surface area contributed by atoms with E-state index in [1.54, 1.807) is 11.8 Å². The zero-order chi connectivity index (χ0) is 12.1. The summed E-state index contributed by atoms with van der Waals surface area (Å²) < 4.78 is 0. The first-order valence-electron chi connectivity index (χ1n) is 5.77. The summed E-state index contributed by atoms with van der Waals surface area (Å²) in [6.45, 7) is 0. The van der Waals surface area contributed by atoms with Crippen molar-refractivity contribution in [2.24, 2.45) is 5.92 Å². The number of carbonyl (C=O) groups is 2. The van der Waals surface area contributed by atoms with Crippen LogP contribution in [0, 0.1) is 5.92 Å². The molecule has 1 unspecified atom stereocenters. The van der Waals surface area contributed by atoms with E-state index in [1.807, 2.05) is 18.2 Å². The number of hydrogen-bond donors (Lipinski definition) is 1. The van der Waals surface area contributed by atoms with Gasteiger partial charge in [0.2, 0.25) is 11.8 Å². The molecular weight excluding hydrogens is 234 g/mol. The van der Waals surface area contributed by atoms with Gasteiger partial charge in [-0.3, -0.25) is 14.9 Å². The molecule has 1 aliphatic rings. The average molecular weight is 249 g/mol. The van der Waals surface area contributed by atoms with Crippen LogP contribution in [0.3, 0.4) is 0 Å². The quantitative estimate of drug-likeness (QED) is 0.657. The molecular formula is C13H15NO2S. The van der Waals surface area contributed by atoms with Gasteiger partial charge in [-0.25, -0.2) is 0 Å². The lowest BCUT2D eigenvalue weighted by atomic mass is 9.96. The number of thioether (sulfide) groups is 1. The van der Waals surface area contributed by atoms with Crippen molar-refractivity contribution in [1.29, 1.82) is 0 Å². The lowest BCUT2D eigenvalue weighted by Crippen LogP contribution is -2.40. The number of benzene rings is 1. The van der Waals surface area contributed by atoms with E-state index in [-0.39, 0.29) is 17.7 Å². The van der Waals surface area contributed by atoms with E-state index in [0.717, 1.165) is 12.2 Å². The lowest BCUT2D eigenvalue weighted by molar-refractivity contribution is -0.136. The third-order valence-corrected chi connectivity index (χ3v) is 3.88. The fraction of sp³-hybridized carbons (Fsp3) is 0.385. The highest BCUT2D eigenvalue weighted by Gasteiger charge is 2.25. The summed E-state index contributed by atoms with van der Waals surface area (Å²) in [7, 11) is 0. The van der Waals surface area contributed by atoms with Gasteiger partial charge in [-0.05, 0) is 30.7 Å². The maximum absolute atomic E-state index is 11.5. The van der Waals surface area contributed by atoms with Crippen LogP contribution in [0.5, 0.6) is 0 Å². The second kappa shape index (κ2) is 5.87. The minimum absolute atomic E-state index is 0.00362. The third kappa shape index (κ3) is 3.60. The summed E-state index contributed by atoms with van der Waals surface area (Å²) >= 11 is 1.75. The molecule has 0 bridgehead atoms. The summed E-state index contributed by atoms with van der Waals surface area (Å²) in [5.74, 6) is 0.678. The van der Waals surface area contributed by atoms with Gasteiger partial charge in [0.25, 0.3) is 0 Å². The average Bonchev–Trinajstić information content (AvgIpc) is 2.33. The molecule has 0 saturated carbocycles. The van der Waals surface area contributed by atoms with Crippen molar-refractivity contribution < 1.29 is 9.59 Å². The third-order valence-electron chi connectivity index (χ3n) is 2.83. The van der Waals surface area contributed by atoms with Crippen LogP contribution in [0.25, 0.3) is 0 Å². The van der Waals surface area contributed by atoms with Crippen molar-refractivity contribution in [2.45, 2.75) is 24.2 Å². The fourth-order valence-electron chi connectivity index (χ4n) is 1.85. The molecule has 1 saturated heterocycles. The van der Waals surface area contributed by atoms with Crippen LogP contribution in [0.15, 0.2) is 35.2 Å². The zero-order valence-electron chi connectivity index (χ0n) is 9.52. The largest absolute Gasteiger partial charge is 0.296 e. The highest BCUT2D eigenvalue weighted by molar-refractivity contribution is 7.99. The molecule has 1 aliphatic heterocycles. The molecule has 1 aromatic carbocycles. The number of imide groups is 1. The van der Waals surface area contributed by atoms with E-state index in [9.17, 15) is 9.59 Å². The second-order valence-corrected chi connectivity index (χ2v) is 5.27. The van der Waals surface area contributed by atoms with E-state index in [1.165, 1.54) is 4.90 Å². The first-order valence-corrected chi connectivity index (χ1v) is 6.76. The van der Waals surface area contributed by atoms with Gasteiger partial charge in [0.05, 0.1) is 0 Å². The Morgan fingerprint density at radius 2 is 2.00 bits per heavy atom. The van der Waals surface area contributed by atoms with E-state index < -0.39 is 0 Å². The molecule has 90 valence electrons. The van der Waals surface area contributed by atoms with Crippen LogP contribution in [0.2, 0.25) is 0 Å². The summed E-state index contributed by atoms with van der Waals surface area (Å²) in [6, 6.07) is 10.1. The van der Waals surface area contributed by atoms with Crippen LogP contribution in [-0.4, -0.2) is 17.6 Å². The number of rotatable bonds is 4. The number of nitrogens with one attached hydrogen (secondary N) is 1. The van der Waals surface area contributed by atoms with Gasteiger partial charge in [0.1, 0.15) is 0 Å². The molecule has 1 heterocycles. The van der Waals surface area contributed by atoms with Crippen molar-refractivity contribution >= 4 is 23.6 Å². The van der Waals surface area contributed by atoms with Crippen molar-refractivity contribution in [2.75, 3.05) is 5.75 Å². The van der Waals surface area contributed by atoms with Crippen molar-refractivity contribution in [3.8, 4) is 0 Å². The summed E-state index contributed by atoms with van der Waals surface area (Å²) in [4.78, 5) is 23.7. The maximum atomic E-state index is 11.5. The monoisotopic (exact) mass is 249 g/mol. The fourth-order valence-corrected chi connectivity index (χ4v) is 2.84. The number of hydrogen-bond acceptors (Lipinski definition) is 3. The molecule has 2 rings (SSSR count). The topological polar surface area (TPSA) is 46.2 Å². The lowest BCUT2D eigenvalue weighted by Gasteiger charge is -2.20. The minimum Gasteiger partial charge on any atom is -0.296 e. The van der Waals surface area contributed by atoms with Crippen LogP contribution in [-0.2, 0) is 9.59 Å². The summed E-state index contributed by atoms with van der Waals surface area (Å²) in [5.41, 5.74) is 0. The molecule has 17 heavy (non-hydrogen) atoms. The Morgan fingerprint density at radius 3 is 2.71 bits per heavy atom. The summed E-state index contributed by atoms with van der Waals surface area (Å²) in [5, 5.41) is 2.39. The Bertz CT molecular complexity index is 405. The molecule has 0 radical (unpaired) electrons. The van der Waals surface area contributed by atoms with Gasteiger partial charge < -0.3 is 0 Å². The van der Waals surface area contributed by atoms with Crippen LogP contribution in [0.1, 0.15) is 19.3 Å². The molecule has 0 aromatic heterocycles. The van der Waals surface area contributed by atoms with Gasteiger partial charge in [-0.1, -0.05) is 18.2 Å². The molecule has 1 aromatic rings. The van der Waals surface area contributed by atoms with Crippen LogP contribution in [0.4, 0.5) is 0 Å². The molecule has 1 N–H and O–H groups in total. The van der Waals surface area contributed by atoms with Gasteiger partial charge in [-0.2, -0.15) is 0 Å². The Hall–Kier alpha value is -1.29. The van der Waals surface area contributed by atoms with Crippen LogP contribution >= 0.6 is 11.8 Å². The zero-order valence-corrected chi connectivity index (χ0v) is 10.3. The maximum Gasteiger partial charge on any atom is 0.229 e. The minimum atomic E-state index is -0.137. The second-order valence-electron chi connectivity index (χ2n) is 4.10. The van der Waals surface area contributed by atoms with Gasteiger partial charge in [-0.15, -0.1) is 11.8 Å². The van der Waals surface area contributed by atoms with E-state index in [0.29, 0.717) is 12.8 Å². The predicted molar refractivity (Wildman–Crippen MR) is 67.7 cm³/mol. The van der Waals surface area contributed by atoms with Crippen LogP contribution < -0.4 is 5.32 Å². The Labute approximate surface area is 105 Å².